The standard InChI is InChI=1S/C12H10N2OS/c1-15-10-5-3-2-4-8(10)11-12-9(13-14-11)6-7-16-12/h2-7H,1H3,(H,13,14). The molecule has 0 aliphatic carbocycles. The molecule has 0 aliphatic rings. The molecule has 2 aromatic heterocycles. The van der Waals surface area contributed by atoms with E-state index in [-0.39, 0.29) is 0 Å². The van der Waals surface area contributed by atoms with Gasteiger partial charge < -0.3 is 4.74 Å². The fourth-order valence-corrected chi connectivity index (χ4v) is 2.62. The van der Waals surface area contributed by atoms with Gasteiger partial charge in [-0.2, -0.15) is 5.10 Å². The normalized spacial score (nSPS) is 10.8. The van der Waals surface area contributed by atoms with Gasteiger partial charge in [0, 0.05) is 5.56 Å². The summed E-state index contributed by atoms with van der Waals surface area (Å²) in [6.45, 7) is 0. The summed E-state index contributed by atoms with van der Waals surface area (Å²) in [4.78, 5) is 0. The van der Waals surface area contributed by atoms with Crippen LogP contribution in [0.1, 0.15) is 0 Å². The van der Waals surface area contributed by atoms with Gasteiger partial charge in [-0.05, 0) is 23.6 Å². The van der Waals surface area contributed by atoms with Gasteiger partial charge in [0.2, 0.25) is 0 Å². The Morgan fingerprint density at radius 2 is 2.12 bits per heavy atom. The fraction of sp³-hybridized carbons (Fsp3) is 0.0833. The number of aromatic amines is 1. The van der Waals surface area contributed by atoms with E-state index < -0.39 is 0 Å². The van der Waals surface area contributed by atoms with Gasteiger partial charge >= 0.3 is 0 Å². The number of fused-ring (bicyclic) bond motifs is 1. The molecule has 1 aromatic carbocycles. The summed E-state index contributed by atoms with van der Waals surface area (Å²) in [6.07, 6.45) is 0. The molecule has 0 amide bonds. The second-order valence-corrected chi connectivity index (χ2v) is 4.35. The predicted molar refractivity (Wildman–Crippen MR) is 66.0 cm³/mol. The van der Waals surface area contributed by atoms with Crippen molar-refractivity contribution in [2.75, 3.05) is 7.11 Å². The number of H-pyrrole nitrogens is 1. The molecule has 0 spiro atoms. The number of benzene rings is 1. The molecule has 0 saturated carbocycles. The monoisotopic (exact) mass is 230 g/mol. The van der Waals surface area contributed by atoms with Gasteiger partial charge in [0.1, 0.15) is 11.4 Å². The van der Waals surface area contributed by atoms with Crippen molar-refractivity contribution in [2.24, 2.45) is 0 Å². The highest BCUT2D eigenvalue weighted by molar-refractivity contribution is 7.17. The molecule has 0 unspecified atom stereocenters. The van der Waals surface area contributed by atoms with Crippen molar-refractivity contribution in [3.63, 3.8) is 0 Å². The summed E-state index contributed by atoms with van der Waals surface area (Å²) in [5.41, 5.74) is 3.06. The van der Waals surface area contributed by atoms with Crippen molar-refractivity contribution in [1.82, 2.24) is 10.2 Å². The lowest BCUT2D eigenvalue weighted by molar-refractivity contribution is 0.416. The van der Waals surface area contributed by atoms with E-state index in [0.29, 0.717) is 0 Å². The first-order valence-electron chi connectivity index (χ1n) is 4.95. The van der Waals surface area contributed by atoms with E-state index in [9.17, 15) is 0 Å². The van der Waals surface area contributed by atoms with Crippen LogP contribution in [0.25, 0.3) is 21.5 Å². The van der Waals surface area contributed by atoms with Crippen molar-refractivity contribution in [3.8, 4) is 17.0 Å². The van der Waals surface area contributed by atoms with Gasteiger partial charge in [-0.25, -0.2) is 0 Å². The van der Waals surface area contributed by atoms with Crippen molar-refractivity contribution in [3.05, 3.63) is 35.7 Å². The third kappa shape index (κ3) is 1.31. The summed E-state index contributed by atoms with van der Waals surface area (Å²) in [7, 11) is 1.68. The van der Waals surface area contributed by atoms with E-state index in [1.807, 2.05) is 30.3 Å². The van der Waals surface area contributed by atoms with Gasteiger partial charge in [0.25, 0.3) is 0 Å². The molecular weight excluding hydrogens is 220 g/mol. The zero-order chi connectivity index (χ0) is 11.0. The van der Waals surface area contributed by atoms with Crippen LogP contribution in [-0.4, -0.2) is 17.3 Å². The number of ether oxygens (including phenoxy) is 1. The van der Waals surface area contributed by atoms with Crippen molar-refractivity contribution in [2.45, 2.75) is 0 Å². The Hall–Kier alpha value is -1.81. The SMILES string of the molecule is COc1ccccc1-c1n[nH]c2ccsc12. The van der Waals surface area contributed by atoms with Crippen molar-refractivity contribution < 1.29 is 4.74 Å². The average molecular weight is 230 g/mol. The molecular formula is C12H10N2OS. The van der Waals surface area contributed by atoms with Gasteiger partial charge in [-0.3, -0.25) is 5.10 Å². The molecule has 0 saturated heterocycles. The van der Waals surface area contributed by atoms with Crippen LogP contribution < -0.4 is 4.74 Å². The molecule has 16 heavy (non-hydrogen) atoms. The first-order chi connectivity index (χ1) is 7.90. The molecule has 1 N–H and O–H groups in total. The van der Waals surface area contributed by atoms with E-state index in [1.54, 1.807) is 18.4 Å². The molecule has 0 radical (unpaired) electrons. The first kappa shape index (κ1) is 9.42. The Balaban J connectivity index is 2.27. The minimum absolute atomic E-state index is 0.851. The highest BCUT2D eigenvalue weighted by Gasteiger charge is 2.12. The molecule has 80 valence electrons. The second kappa shape index (κ2) is 3.64. The smallest absolute Gasteiger partial charge is 0.128 e. The van der Waals surface area contributed by atoms with E-state index in [2.05, 4.69) is 15.6 Å². The molecule has 3 aromatic rings. The van der Waals surface area contributed by atoms with Crippen LogP contribution in [-0.2, 0) is 0 Å². The van der Waals surface area contributed by atoms with Crippen LogP contribution in [0.4, 0.5) is 0 Å². The van der Waals surface area contributed by atoms with Gasteiger partial charge in [0.15, 0.2) is 0 Å². The Kier molecular flexibility index (Phi) is 2.15. The third-order valence-electron chi connectivity index (χ3n) is 2.53. The van der Waals surface area contributed by atoms with Gasteiger partial charge in [-0.1, -0.05) is 12.1 Å². The molecule has 3 nitrogen and oxygen atoms in total. The minimum atomic E-state index is 0.851. The maximum atomic E-state index is 5.35. The number of nitrogens with one attached hydrogen (secondary N) is 1. The van der Waals surface area contributed by atoms with Crippen LogP contribution in [0.15, 0.2) is 35.7 Å². The summed E-state index contributed by atoms with van der Waals surface area (Å²) in [6, 6.07) is 9.95. The Morgan fingerprint density at radius 1 is 1.25 bits per heavy atom. The highest BCUT2D eigenvalue weighted by Crippen LogP contribution is 2.35. The molecule has 3 rings (SSSR count). The van der Waals surface area contributed by atoms with E-state index in [0.717, 1.165) is 22.5 Å². The quantitative estimate of drug-likeness (QED) is 0.733. The molecule has 2 heterocycles. The zero-order valence-corrected chi connectivity index (χ0v) is 9.54. The lowest BCUT2D eigenvalue weighted by atomic mass is 10.1. The van der Waals surface area contributed by atoms with E-state index in [4.69, 9.17) is 4.74 Å². The topological polar surface area (TPSA) is 37.9 Å². The number of methoxy groups -OCH3 is 1. The lowest BCUT2D eigenvalue weighted by Gasteiger charge is -2.04. The Labute approximate surface area is 96.7 Å². The Bertz CT molecular complexity index is 627. The predicted octanol–water partition coefficient (Wildman–Crippen LogP) is 3.30. The number of hydrogen-bond donors (Lipinski definition) is 1. The lowest BCUT2D eigenvalue weighted by Crippen LogP contribution is -1.87. The van der Waals surface area contributed by atoms with Crippen LogP contribution in [0.3, 0.4) is 0 Å². The van der Waals surface area contributed by atoms with Crippen LogP contribution >= 0.6 is 11.3 Å². The molecule has 4 heteroatoms. The minimum Gasteiger partial charge on any atom is -0.496 e. The summed E-state index contributed by atoms with van der Waals surface area (Å²) < 4.78 is 6.52. The van der Waals surface area contributed by atoms with Crippen LogP contribution in [0.2, 0.25) is 0 Å². The zero-order valence-electron chi connectivity index (χ0n) is 8.73. The Morgan fingerprint density at radius 3 is 3.00 bits per heavy atom. The number of thiophene rings is 1. The largest absolute Gasteiger partial charge is 0.496 e. The van der Waals surface area contributed by atoms with Crippen LogP contribution in [0.5, 0.6) is 5.75 Å². The number of rotatable bonds is 2. The van der Waals surface area contributed by atoms with E-state index >= 15 is 0 Å². The molecule has 0 aliphatic heterocycles. The number of nitrogens with zero attached hydrogens (tertiary/aromatic N) is 1. The van der Waals surface area contributed by atoms with Crippen molar-refractivity contribution in [1.29, 1.82) is 0 Å². The maximum absolute atomic E-state index is 5.35. The third-order valence-corrected chi connectivity index (χ3v) is 3.45. The molecule has 0 fully saturated rings. The molecule has 0 atom stereocenters. The summed E-state index contributed by atoms with van der Waals surface area (Å²) in [5.74, 6) is 0.851. The number of hydrogen-bond acceptors (Lipinski definition) is 3. The fourth-order valence-electron chi connectivity index (χ4n) is 1.77. The molecule has 0 bridgehead atoms. The maximum Gasteiger partial charge on any atom is 0.128 e. The van der Waals surface area contributed by atoms with Crippen molar-refractivity contribution >= 4 is 21.6 Å². The highest BCUT2D eigenvalue weighted by atomic mass is 32.1. The van der Waals surface area contributed by atoms with Gasteiger partial charge in [-0.15, -0.1) is 11.3 Å². The average Bonchev–Trinajstić information content (AvgIpc) is 2.91. The van der Waals surface area contributed by atoms with Gasteiger partial charge in [0.05, 0.1) is 17.3 Å². The van der Waals surface area contributed by atoms with E-state index in [1.165, 1.54) is 4.70 Å². The first-order valence-corrected chi connectivity index (χ1v) is 5.83. The summed E-state index contributed by atoms with van der Waals surface area (Å²) >= 11 is 1.69. The van der Waals surface area contributed by atoms with Crippen LogP contribution in [0, 0.1) is 0 Å². The second-order valence-electron chi connectivity index (χ2n) is 3.44. The number of aromatic nitrogens is 2. The summed E-state index contributed by atoms with van der Waals surface area (Å²) in [5, 5.41) is 9.42. The number of para-hydroxylation sites is 1.